The van der Waals surface area contributed by atoms with E-state index < -0.39 is 0 Å². The average molecular weight is 519 g/mol. The molecule has 40 heavy (non-hydrogen) atoms. The van der Waals surface area contributed by atoms with Crippen LogP contribution in [0, 0.1) is 0 Å². The molecule has 0 radical (unpaired) electrons. The number of oxazole rings is 3. The van der Waals surface area contributed by atoms with Crippen molar-refractivity contribution in [1.82, 2.24) is 19.5 Å². The number of fused-ring (bicyclic) bond motifs is 6. The van der Waals surface area contributed by atoms with Gasteiger partial charge >= 0.3 is 6.01 Å². The smallest absolute Gasteiger partial charge is 0.307 e. The Bertz CT molecular complexity index is 2180. The normalized spacial score (nSPS) is 12.0. The fourth-order valence-corrected chi connectivity index (χ4v) is 5.44. The van der Waals surface area contributed by atoms with Crippen molar-refractivity contribution >= 4 is 55.1 Å². The van der Waals surface area contributed by atoms with Crippen molar-refractivity contribution in [2.45, 2.75) is 0 Å². The van der Waals surface area contributed by atoms with E-state index >= 15 is 0 Å². The first-order chi connectivity index (χ1) is 19.8. The summed E-state index contributed by atoms with van der Waals surface area (Å²) in [6.07, 6.45) is 0. The lowest BCUT2D eigenvalue weighted by Crippen LogP contribution is -1.93. The van der Waals surface area contributed by atoms with Gasteiger partial charge in [-0.2, -0.15) is 4.98 Å². The molecule has 4 heterocycles. The number of hydrogen-bond donors (Lipinski definition) is 0. The van der Waals surface area contributed by atoms with Gasteiger partial charge in [0.15, 0.2) is 16.7 Å². The summed E-state index contributed by atoms with van der Waals surface area (Å²) in [5, 5.41) is 2.02. The van der Waals surface area contributed by atoms with Crippen LogP contribution in [-0.2, 0) is 0 Å². The maximum Gasteiger partial charge on any atom is 0.307 e. The highest BCUT2D eigenvalue weighted by molar-refractivity contribution is 6.11. The van der Waals surface area contributed by atoms with Crippen LogP contribution in [0.3, 0.4) is 0 Å². The van der Waals surface area contributed by atoms with Crippen molar-refractivity contribution in [1.29, 1.82) is 0 Å². The number of rotatable bonds is 3. The topological polar surface area (TPSA) is 83.0 Å². The first kappa shape index (κ1) is 21.3. The minimum Gasteiger partial charge on any atom is -0.436 e. The standard InChI is InChI=1S/C33H18N4O3/c1-4-10-28-23(7-1)34-31(38-28)19-13-15-26-21(17-19)22-18-20(32-35-24-8-2-5-11-29(24)39-32)14-16-27(22)37(26)33-36-25-9-3-6-12-30(25)40-33/h1-18H. The molecule has 0 saturated carbocycles. The molecular weight excluding hydrogens is 500 g/mol. The largest absolute Gasteiger partial charge is 0.436 e. The number of benzene rings is 5. The van der Waals surface area contributed by atoms with Crippen LogP contribution in [-0.4, -0.2) is 19.5 Å². The monoisotopic (exact) mass is 518 g/mol. The summed E-state index contributed by atoms with van der Waals surface area (Å²) in [6, 6.07) is 36.2. The third-order valence-electron chi connectivity index (χ3n) is 7.32. The second-order valence-corrected chi connectivity index (χ2v) is 9.74. The predicted molar refractivity (Wildman–Crippen MR) is 154 cm³/mol. The molecule has 0 N–H and O–H groups in total. The van der Waals surface area contributed by atoms with Gasteiger partial charge in [0.25, 0.3) is 0 Å². The van der Waals surface area contributed by atoms with Gasteiger partial charge in [0.1, 0.15) is 16.6 Å². The molecule has 0 atom stereocenters. The van der Waals surface area contributed by atoms with Crippen LogP contribution >= 0.6 is 0 Å². The van der Waals surface area contributed by atoms with Gasteiger partial charge < -0.3 is 13.3 Å². The van der Waals surface area contributed by atoms with E-state index in [9.17, 15) is 0 Å². The highest BCUT2D eigenvalue weighted by Gasteiger charge is 2.20. The van der Waals surface area contributed by atoms with Crippen LogP contribution in [0.1, 0.15) is 0 Å². The van der Waals surface area contributed by atoms with Crippen LogP contribution in [0.25, 0.3) is 84.0 Å². The van der Waals surface area contributed by atoms with Crippen LogP contribution in [0.5, 0.6) is 0 Å². The van der Waals surface area contributed by atoms with E-state index in [-0.39, 0.29) is 0 Å². The quantitative estimate of drug-likeness (QED) is 0.233. The molecule has 0 bridgehead atoms. The molecule has 0 aliphatic heterocycles. The molecule has 0 aliphatic rings. The molecule has 0 aliphatic carbocycles. The van der Waals surface area contributed by atoms with E-state index in [0.29, 0.717) is 17.8 Å². The summed E-state index contributed by atoms with van der Waals surface area (Å²) >= 11 is 0. The molecule has 0 amide bonds. The molecular formula is C33H18N4O3. The molecule has 0 fully saturated rings. The highest BCUT2D eigenvalue weighted by atomic mass is 16.4. The van der Waals surface area contributed by atoms with Gasteiger partial charge in [-0.1, -0.05) is 36.4 Å². The number of hydrogen-bond acceptors (Lipinski definition) is 6. The van der Waals surface area contributed by atoms with Gasteiger partial charge in [-0.05, 0) is 72.8 Å². The second kappa shape index (κ2) is 7.91. The Hall–Kier alpha value is -5.69. The van der Waals surface area contributed by atoms with Gasteiger partial charge in [0.2, 0.25) is 11.8 Å². The van der Waals surface area contributed by atoms with Gasteiger partial charge in [0.05, 0.1) is 11.0 Å². The fraction of sp³-hybridized carbons (Fsp3) is 0. The van der Waals surface area contributed by atoms with Crippen molar-refractivity contribution in [3.05, 3.63) is 109 Å². The highest BCUT2D eigenvalue weighted by Crippen LogP contribution is 2.38. The van der Waals surface area contributed by atoms with E-state index in [1.165, 1.54) is 0 Å². The molecule has 7 nitrogen and oxygen atoms in total. The molecule has 0 spiro atoms. The number of aromatic nitrogens is 4. The van der Waals surface area contributed by atoms with Gasteiger partial charge in [-0.3, -0.25) is 4.57 Å². The fourth-order valence-electron chi connectivity index (χ4n) is 5.44. The molecule has 0 saturated heterocycles. The Morgan fingerprint density at radius 3 is 1.38 bits per heavy atom. The lowest BCUT2D eigenvalue weighted by molar-refractivity contribution is 0.574. The van der Waals surface area contributed by atoms with E-state index in [4.69, 9.17) is 28.2 Å². The molecule has 9 rings (SSSR count). The Labute approximate surface area is 225 Å². The first-order valence-electron chi connectivity index (χ1n) is 12.9. The van der Waals surface area contributed by atoms with Crippen molar-refractivity contribution < 1.29 is 13.3 Å². The van der Waals surface area contributed by atoms with Gasteiger partial charge in [0, 0.05) is 21.9 Å². The summed E-state index contributed by atoms with van der Waals surface area (Å²) in [5.74, 6) is 1.14. The van der Waals surface area contributed by atoms with Crippen LogP contribution in [0.4, 0.5) is 0 Å². The Morgan fingerprint density at radius 1 is 0.450 bits per heavy atom. The minimum atomic E-state index is 0.505. The number of nitrogens with zero attached hydrogens (tertiary/aromatic N) is 4. The zero-order valence-electron chi connectivity index (χ0n) is 20.9. The lowest BCUT2D eigenvalue weighted by Gasteiger charge is -2.02. The third kappa shape index (κ3) is 3.09. The van der Waals surface area contributed by atoms with Crippen molar-refractivity contribution in [3.63, 3.8) is 0 Å². The van der Waals surface area contributed by atoms with Crippen LogP contribution in [0.2, 0.25) is 0 Å². The van der Waals surface area contributed by atoms with Gasteiger partial charge in [-0.15, -0.1) is 0 Å². The predicted octanol–water partition coefficient (Wildman–Crippen LogP) is 8.54. The minimum absolute atomic E-state index is 0.505. The summed E-state index contributed by atoms with van der Waals surface area (Å²) < 4.78 is 20.5. The van der Waals surface area contributed by atoms with Crippen molar-refractivity contribution in [2.24, 2.45) is 0 Å². The van der Waals surface area contributed by atoms with Crippen molar-refractivity contribution in [3.8, 4) is 28.9 Å². The summed E-state index contributed by atoms with van der Waals surface area (Å²) in [6.45, 7) is 0. The molecule has 5 aromatic carbocycles. The molecule has 7 heteroatoms. The number of para-hydroxylation sites is 6. The Kier molecular flexibility index (Phi) is 4.20. The second-order valence-electron chi connectivity index (χ2n) is 9.74. The Balaban J connectivity index is 1.31. The average Bonchev–Trinajstić information content (AvgIpc) is 3.78. The molecule has 188 valence electrons. The van der Waals surface area contributed by atoms with E-state index in [1.807, 2.05) is 84.9 Å². The molecule has 4 aromatic heterocycles. The maximum atomic E-state index is 6.23. The molecule has 0 unspecified atom stereocenters. The van der Waals surface area contributed by atoms with E-state index in [1.54, 1.807) is 0 Å². The third-order valence-corrected chi connectivity index (χ3v) is 7.32. The summed E-state index contributed by atoms with van der Waals surface area (Å²) in [5.41, 5.74) is 8.37. The van der Waals surface area contributed by atoms with Crippen LogP contribution < -0.4 is 0 Å². The van der Waals surface area contributed by atoms with Crippen molar-refractivity contribution in [2.75, 3.05) is 0 Å². The van der Waals surface area contributed by atoms with Crippen LogP contribution in [0.15, 0.2) is 122 Å². The maximum absolute atomic E-state index is 6.23. The van der Waals surface area contributed by atoms with E-state index in [0.717, 1.165) is 66.2 Å². The van der Waals surface area contributed by atoms with E-state index in [2.05, 4.69) is 28.8 Å². The zero-order valence-corrected chi connectivity index (χ0v) is 20.9. The van der Waals surface area contributed by atoms with Gasteiger partial charge in [-0.25, -0.2) is 9.97 Å². The first-order valence-corrected chi connectivity index (χ1v) is 12.9. The summed E-state index contributed by atoms with van der Waals surface area (Å²) in [7, 11) is 0. The Morgan fingerprint density at radius 2 is 0.900 bits per heavy atom. The molecule has 9 aromatic rings. The SMILES string of the molecule is c1ccc2oc(-c3ccc4c(c3)c3cc(-c5nc6ccccc6o5)ccc3n4-c3nc4ccccc4o3)nc2c1. The zero-order chi connectivity index (χ0) is 26.2. The summed E-state index contributed by atoms with van der Waals surface area (Å²) in [4.78, 5) is 14.3. The lowest BCUT2D eigenvalue weighted by atomic mass is 10.1.